The third kappa shape index (κ3) is 4.98. The fourth-order valence-electron chi connectivity index (χ4n) is 7.51. The van der Waals surface area contributed by atoms with Crippen molar-refractivity contribution in [2.24, 2.45) is 29.6 Å². The van der Waals surface area contributed by atoms with Crippen LogP contribution in [0.1, 0.15) is 55.4 Å². The second-order valence-electron chi connectivity index (χ2n) is 11.2. The van der Waals surface area contributed by atoms with Crippen molar-refractivity contribution in [3.63, 3.8) is 0 Å². The summed E-state index contributed by atoms with van der Waals surface area (Å²) in [6.45, 7) is 2.18. The van der Waals surface area contributed by atoms with Crippen molar-refractivity contribution in [2.45, 2.75) is 55.2 Å². The standard InChI is InChI=1S/C29H32N2O8S2/c1-2-38-19(34)13-39-15-9-7-14(8-10-15)20-21-16-12-17(24(21)40-26-25(20)41-29(37)30-26)23-22(16)27(35)31(28(23)36)11-5-3-4-6-18(32)33/h7-10,16-17,20-24H,2-6,11-13H2,1H3,(H,30,37)(H,32,33)/t16?,17?,20-,21?,22?,23?,24?/m1/s1. The number of aromatic nitrogens is 1. The number of carbonyl (C=O) groups excluding carboxylic acids is 3. The summed E-state index contributed by atoms with van der Waals surface area (Å²) >= 11 is 2.86. The third-order valence-corrected chi connectivity index (χ3v) is 11.6. The molecule has 3 heterocycles. The van der Waals surface area contributed by atoms with Gasteiger partial charge < -0.3 is 19.6 Å². The van der Waals surface area contributed by atoms with Crippen molar-refractivity contribution in [1.82, 2.24) is 9.88 Å². The van der Waals surface area contributed by atoms with Gasteiger partial charge in [0, 0.05) is 29.0 Å². The quantitative estimate of drug-likeness (QED) is 0.225. The largest absolute Gasteiger partial charge is 0.482 e. The van der Waals surface area contributed by atoms with E-state index < -0.39 is 11.9 Å². The average Bonchev–Trinajstić information content (AvgIpc) is 3.67. The second kappa shape index (κ2) is 11.3. The summed E-state index contributed by atoms with van der Waals surface area (Å²) in [5.74, 6) is -1.50. The number of carboxylic acid groups (broad SMARTS) is 1. The molecule has 2 aliphatic carbocycles. The number of thiazole rings is 1. The molecule has 7 atom stereocenters. The lowest BCUT2D eigenvalue weighted by atomic mass is 9.68. The summed E-state index contributed by atoms with van der Waals surface area (Å²) in [6.07, 6.45) is 2.69. The molecule has 12 heteroatoms. The van der Waals surface area contributed by atoms with E-state index in [4.69, 9.17) is 14.6 Å². The number of nitrogens with zero attached hydrogens (tertiary/aromatic N) is 1. The molecule has 2 N–H and O–H groups in total. The van der Waals surface area contributed by atoms with Gasteiger partial charge in [-0.1, -0.05) is 29.9 Å². The van der Waals surface area contributed by atoms with E-state index in [2.05, 4.69) is 4.98 Å². The van der Waals surface area contributed by atoms with Crippen molar-refractivity contribution in [3.05, 3.63) is 44.4 Å². The van der Waals surface area contributed by atoms with Crippen LogP contribution in [0.3, 0.4) is 0 Å². The lowest BCUT2D eigenvalue weighted by molar-refractivity contribution is -0.145. The van der Waals surface area contributed by atoms with Crippen LogP contribution in [0.2, 0.25) is 0 Å². The monoisotopic (exact) mass is 600 g/mol. The van der Waals surface area contributed by atoms with Crippen molar-refractivity contribution in [2.75, 3.05) is 19.8 Å². The van der Waals surface area contributed by atoms with Gasteiger partial charge >= 0.3 is 16.8 Å². The Bertz CT molecular complexity index is 1420. The molecular formula is C29H32N2O8S2. The summed E-state index contributed by atoms with van der Waals surface area (Å²) < 4.78 is 10.5. The molecule has 0 spiro atoms. The van der Waals surface area contributed by atoms with Crippen LogP contribution in [-0.4, -0.2) is 63.8 Å². The minimum atomic E-state index is -0.840. The van der Waals surface area contributed by atoms with Crippen LogP contribution in [0.15, 0.2) is 34.1 Å². The van der Waals surface area contributed by atoms with E-state index in [1.165, 1.54) is 16.2 Å². The molecule has 1 aromatic carbocycles. The molecule has 1 saturated heterocycles. The first-order chi connectivity index (χ1) is 19.8. The number of hydrogen-bond acceptors (Lipinski definition) is 9. The van der Waals surface area contributed by atoms with Gasteiger partial charge in [0.1, 0.15) is 5.75 Å². The molecule has 6 unspecified atom stereocenters. The highest BCUT2D eigenvalue weighted by Crippen LogP contribution is 2.68. The van der Waals surface area contributed by atoms with Gasteiger partial charge in [-0.2, -0.15) is 0 Å². The number of benzene rings is 1. The first-order valence-electron chi connectivity index (χ1n) is 14.1. The zero-order chi connectivity index (χ0) is 28.8. The molecule has 41 heavy (non-hydrogen) atoms. The number of amides is 2. The molecule has 218 valence electrons. The lowest BCUT2D eigenvalue weighted by Gasteiger charge is -2.43. The number of hydrogen-bond donors (Lipinski definition) is 2. The molecule has 3 fully saturated rings. The van der Waals surface area contributed by atoms with Gasteiger partial charge in [0.2, 0.25) is 11.8 Å². The zero-order valence-electron chi connectivity index (χ0n) is 22.6. The molecule has 1 aromatic heterocycles. The maximum Gasteiger partial charge on any atom is 0.344 e. The number of aromatic amines is 1. The lowest BCUT2D eigenvalue weighted by Crippen LogP contribution is -2.42. The Balaban J connectivity index is 1.23. The Morgan fingerprint density at radius 3 is 2.49 bits per heavy atom. The SMILES string of the molecule is CCOC(=O)COc1ccc([C@H]2c3sc(=O)[nH]c3SC3C4CC(C5C(=O)N(CCCCCC(=O)O)C(=O)C45)C32)cc1. The van der Waals surface area contributed by atoms with Crippen molar-refractivity contribution in [1.29, 1.82) is 0 Å². The van der Waals surface area contributed by atoms with Gasteiger partial charge in [-0.25, -0.2) is 4.79 Å². The van der Waals surface area contributed by atoms with Gasteiger partial charge in [-0.15, -0.1) is 11.8 Å². The Morgan fingerprint density at radius 2 is 1.78 bits per heavy atom. The van der Waals surface area contributed by atoms with Gasteiger partial charge in [0.15, 0.2) is 6.61 Å². The molecule has 4 aliphatic rings. The number of unbranched alkanes of at least 4 members (excludes halogenated alkanes) is 2. The molecule has 6 rings (SSSR count). The number of carboxylic acids is 1. The summed E-state index contributed by atoms with van der Waals surface area (Å²) in [4.78, 5) is 67.4. The van der Waals surface area contributed by atoms with E-state index in [1.54, 1.807) is 18.7 Å². The average molecular weight is 601 g/mol. The minimum absolute atomic E-state index is 0.0334. The Hall–Kier alpha value is -3.12. The molecule has 2 bridgehead atoms. The van der Waals surface area contributed by atoms with Gasteiger partial charge in [0.25, 0.3) is 0 Å². The maximum atomic E-state index is 13.6. The van der Waals surface area contributed by atoms with E-state index in [0.29, 0.717) is 31.6 Å². The third-order valence-electron chi connectivity index (χ3n) is 8.99. The van der Waals surface area contributed by atoms with Crippen LogP contribution in [0, 0.1) is 29.6 Å². The maximum absolute atomic E-state index is 13.6. The number of fused-ring (bicyclic) bond motifs is 9. The van der Waals surface area contributed by atoms with Crippen molar-refractivity contribution in [3.8, 4) is 5.75 Å². The topological polar surface area (TPSA) is 143 Å². The highest BCUT2D eigenvalue weighted by Gasteiger charge is 2.69. The van der Waals surface area contributed by atoms with Gasteiger partial charge in [-0.05, 0) is 61.6 Å². The predicted molar refractivity (Wildman–Crippen MR) is 150 cm³/mol. The highest BCUT2D eigenvalue weighted by molar-refractivity contribution is 8.00. The normalized spacial score (nSPS) is 29.3. The number of carbonyl (C=O) groups is 4. The number of thioether (sulfide) groups is 1. The fraction of sp³-hybridized carbons (Fsp3) is 0.552. The van der Waals surface area contributed by atoms with Gasteiger partial charge in [-0.3, -0.25) is 24.1 Å². The van der Waals surface area contributed by atoms with Crippen LogP contribution >= 0.6 is 23.1 Å². The number of aliphatic carboxylic acids is 1. The van der Waals surface area contributed by atoms with Crippen LogP contribution in [0.5, 0.6) is 5.75 Å². The molecule has 2 aliphatic heterocycles. The van der Waals surface area contributed by atoms with E-state index in [0.717, 1.165) is 21.9 Å². The van der Waals surface area contributed by atoms with E-state index in [1.807, 2.05) is 24.3 Å². The fourth-order valence-corrected chi connectivity index (χ4v) is 10.4. The number of nitrogens with one attached hydrogen (secondary N) is 1. The first kappa shape index (κ1) is 28.0. The number of esters is 1. The smallest absolute Gasteiger partial charge is 0.344 e. The Morgan fingerprint density at radius 1 is 1.05 bits per heavy atom. The summed E-state index contributed by atoms with van der Waals surface area (Å²) in [6, 6.07) is 7.54. The summed E-state index contributed by atoms with van der Waals surface area (Å²) in [5.41, 5.74) is 1.01. The second-order valence-corrected chi connectivity index (χ2v) is 13.4. The highest BCUT2D eigenvalue weighted by atomic mass is 32.2. The molecule has 2 aromatic rings. The number of H-pyrrole nitrogens is 1. The van der Waals surface area contributed by atoms with Crippen molar-refractivity contribution < 1.29 is 33.8 Å². The van der Waals surface area contributed by atoms with E-state index in [-0.39, 0.29) is 77.1 Å². The summed E-state index contributed by atoms with van der Waals surface area (Å²) in [7, 11) is 0. The van der Waals surface area contributed by atoms with E-state index >= 15 is 0 Å². The number of imide groups is 1. The van der Waals surface area contributed by atoms with E-state index in [9.17, 15) is 24.0 Å². The van der Waals surface area contributed by atoms with Crippen molar-refractivity contribution >= 4 is 46.9 Å². The predicted octanol–water partition coefficient (Wildman–Crippen LogP) is 3.50. The number of likely N-dealkylation sites (tertiary alicyclic amines) is 1. The zero-order valence-corrected chi connectivity index (χ0v) is 24.2. The van der Waals surface area contributed by atoms with Crippen LogP contribution in [0.4, 0.5) is 0 Å². The molecule has 2 saturated carbocycles. The Labute approximate surface area is 244 Å². The molecule has 2 amide bonds. The summed E-state index contributed by atoms with van der Waals surface area (Å²) in [5, 5.41) is 9.82. The number of rotatable bonds is 11. The molecular weight excluding hydrogens is 568 g/mol. The van der Waals surface area contributed by atoms with Crippen LogP contribution in [-0.2, 0) is 23.9 Å². The van der Waals surface area contributed by atoms with Crippen LogP contribution in [0.25, 0.3) is 0 Å². The van der Waals surface area contributed by atoms with Gasteiger partial charge in [0.05, 0.1) is 23.5 Å². The first-order valence-corrected chi connectivity index (χ1v) is 15.8. The molecule has 10 nitrogen and oxygen atoms in total. The molecule has 0 radical (unpaired) electrons. The van der Waals surface area contributed by atoms with Crippen LogP contribution < -0.4 is 9.61 Å². The Kier molecular flexibility index (Phi) is 7.71. The minimum Gasteiger partial charge on any atom is -0.482 e. The number of ether oxygens (including phenoxy) is 2.